The molecule has 0 aromatic heterocycles. The first kappa shape index (κ1) is 0.548. The highest BCUT2D eigenvalue weighted by atomic mass is 16.3. The Morgan fingerprint density at radius 2 is 3.25 bits per heavy atom. The molecule has 1 heteroatoms. The van der Waals surface area contributed by atoms with Crippen LogP contribution < -0.4 is 0 Å². The van der Waals surface area contributed by atoms with Gasteiger partial charge in [0.2, 0.25) is 0 Å². The molecule has 0 radical (unpaired) electrons. The van der Waals surface area contributed by atoms with Crippen LogP contribution in [0, 0.1) is 0 Å². The third-order valence-electron chi connectivity index (χ3n) is 0. The minimum Gasteiger partial charge on any atom is -0.394 e. The van der Waals surface area contributed by atoms with Gasteiger partial charge < -0.3 is 5.11 Å². The molecule has 0 bridgehead atoms. The van der Waals surface area contributed by atoms with Crippen molar-refractivity contribution in [2.75, 3.05) is 0 Å². The van der Waals surface area contributed by atoms with Gasteiger partial charge in [-0.05, 0) is 13.8 Å². The Labute approximate surface area is 33.3 Å². The van der Waals surface area contributed by atoms with Gasteiger partial charge in [0.1, 0.15) is 0 Å². The van der Waals surface area contributed by atoms with Crippen LogP contribution >= 0.6 is 0 Å². The van der Waals surface area contributed by atoms with Gasteiger partial charge in [-0.15, -0.1) is 0 Å². The minimum absolute atomic E-state index is 0.830. The van der Waals surface area contributed by atoms with Crippen LogP contribution in [0.15, 0.2) is 0 Å². The van der Waals surface area contributed by atoms with Crippen molar-refractivity contribution in [3.05, 3.63) is 0 Å². The third-order valence-corrected chi connectivity index (χ3v) is 0. The summed E-state index contributed by atoms with van der Waals surface area (Å²) in [7, 11) is 0. The zero-order valence-corrected chi connectivity index (χ0v) is 2.15. The van der Waals surface area contributed by atoms with E-state index in [1.165, 1.54) is 0 Å². The van der Waals surface area contributed by atoms with E-state index < -0.39 is 19.8 Å². The number of rotatable bonds is 0. The molecule has 0 heterocycles. The van der Waals surface area contributed by atoms with Crippen LogP contribution in [-0.2, 0) is 0 Å². The fourth-order valence-corrected chi connectivity index (χ4v) is 0. The minimum atomic E-state index is -2.77. The summed E-state index contributed by atoms with van der Waals surface area (Å²) in [5.41, 5.74) is 0. The van der Waals surface area contributed by atoms with E-state index in [-0.39, 0.29) is 0 Å². The van der Waals surface area contributed by atoms with Crippen LogP contribution in [0.5, 0.6) is 0 Å². The lowest BCUT2D eigenvalue weighted by Crippen LogP contribution is -1.85. The van der Waals surface area contributed by atoms with Crippen molar-refractivity contribution in [3.63, 3.8) is 0 Å². The smallest absolute Gasteiger partial charge is 0.0594 e. The van der Waals surface area contributed by atoms with Gasteiger partial charge in [0.05, 0.1) is 1.37 Å². The highest BCUT2D eigenvalue weighted by Crippen LogP contribution is 1.65. The van der Waals surface area contributed by atoms with E-state index in [1.54, 1.807) is 0 Å². The molecule has 0 aliphatic heterocycles. The van der Waals surface area contributed by atoms with E-state index in [1.807, 2.05) is 0 Å². The lowest BCUT2D eigenvalue weighted by Gasteiger charge is -1.80. The van der Waals surface area contributed by atoms with E-state index in [0.29, 0.717) is 0 Å². The average Bonchev–Trinajstić information content (AvgIpc) is 1.64. The number of hydrogen-bond acceptors (Lipinski definition) is 1. The molecule has 0 spiro atoms. The molecular formula is C3H8O. The monoisotopic (exact) mass is 65.1 g/mol. The normalized spacial score (nSPS) is 44.8. The molecule has 1 atom stereocenters. The SMILES string of the molecule is [2H]CC([2H])(O)C([2H])([2H])[2H]. The summed E-state index contributed by atoms with van der Waals surface area (Å²) in [5, 5.41) is 8.58. The van der Waals surface area contributed by atoms with Gasteiger partial charge in [-0.2, -0.15) is 0 Å². The molecule has 0 aliphatic rings. The highest BCUT2D eigenvalue weighted by Gasteiger charge is 1.69. The molecule has 0 rings (SSSR count). The molecule has 0 aromatic carbocycles. The molecule has 0 fully saturated rings. The van der Waals surface area contributed by atoms with E-state index in [0.717, 1.165) is 0 Å². The van der Waals surface area contributed by atoms with Crippen LogP contribution in [0.4, 0.5) is 0 Å². The Morgan fingerprint density at radius 3 is 3.25 bits per heavy atom. The van der Waals surface area contributed by atoms with Crippen molar-refractivity contribution < 1.29 is 12.0 Å². The molecule has 0 saturated carbocycles. The van der Waals surface area contributed by atoms with E-state index in [9.17, 15) is 0 Å². The Balaban J connectivity index is 4.14. The molecule has 0 amide bonds. The standard InChI is InChI=1S/C3H8O/c1-3(2)4/h3-4H,1-2H3/i1D,2D3,3D. The maximum Gasteiger partial charge on any atom is 0.0594 e. The summed E-state index contributed by atoms with van der Waals surface area (Å²) < 4.78 is 32.6. The molecule has 1 unspecified atom stereocenters. The summed E-state index contributed by atoms with van der Waals surface area (Å²) >= 11 is 0. The molecule has 0 aliphatic carbocycles. The van der Waals surface area contributed by atoms with Gasteiger partial charge in [-0.3, -0.25) is 0 Å². The second kappa shape index (κ2) is 1.30. The molecule has 1 N–H and O–H groups in total. The van der Waals surface area contributed by atoms with E-state index in [2.05, 4.69) is 0 Å². The van der Waals surface area contributed by atoms with Crippen molar-refractivity contribution >= 4 is 0 Å². The second-order valence-electron chi connectivity index (χ2n) is 0.447. The van der Waals surface area contributed by atoms with Crippen molar-refractivity contribution in [1.82, 2.24) is 0 Å². The Hall–Kier alpha value is -0.0400. The van der Waals surface area contributed by atoms with Gasteiger partial charge in [0, 0.05) is 11.6 Å². The van der Waals surface area contributed by atoms with Crippen LogP contribution in [0.25, 0.3) is 0 Å². The fourth-order valence-electron chi connectivity index (χ4n) is 0. The molecular weight excluding hydrogens is 52.0 g/mol. The summed E-state index contributed by atoms with van der Waals surface area (Å²) in [5.74, 6) is 0. The second-order valence-corrected chi connectivity index (χ2v) is 0.447. The topological polar surface area (TPSA) is 20.2 Å². The fraction of sp³-hybridized carbons (Fsp3) is 1.00. The van der Waals surface area contributed by atoms with Crippen molar-refractivity contribution in [3.8, 4) is 0 Å². The van der Waals surface area contributed by atoms with Crippen molar-refractivity contribution in [2.45, 2.75) is 19.8 Å². The first-order valence-electron chi connectivity index (χ1n) is 3.53. The van der Waals surface area contributed by atoms with Crippen LogP contribution in [-0.4, -0.2) is 11.2 Å². The third kappa shape index (κ3) is 1130. The first-order chi connectivity index (χ1) is 3.81. The van der Waals surface area contributed by atoms with Gasteiger partial charge in [-0.1, -0.05) is 0 Å². The number of aliphatic hydroxyl groups is 1. The predicted octanol–water partition coefficient (Wildman–Crippen LogP) is 0.387. The largest absolute Gasteiger partial charge is 0.394 e. The zero-order valence-electron chi connectivity index (χ0n) is 7.15. The molecule has 26 valence electrons. The average molecular weight is 65.1 g/mol. The van der Waals surface area contributed by atoms with E-state index >= 15 is 0 Å². The molecule has 0 aromatic rings. The van der Waals surface area contributed by atoms with Crippen LogP contribution in [0.2, 0.25) is 0 Å². The summed E-state index contributed by atoms with van der Waals surface area (Å²) in [6.07, 6.45) is -2.60. The Kier molecular flexibility index (Phi) is 0.178. The summed E-state index contributed by atoms with van der Waals surface area (Å²) in [6.45, 7) is -3.60. The maximum atomic E-state index is 8.58. The molecule has 4 heavy (non-hydrogen) atoms. The van der Waals surface area contributed by atoms with Gasteiger partial charge in [0.25, 0.3) is 0 Å². The van der Waals surface area contributed by atoms with Gasteiger partial charge in [-0.25, -0.2) is 0 Å². The van der Waals surface area contributed by atoms with Crippen molar-refractivity contribution in [2.24, 2.45) is 0 Å². The summed E-state index contributed by atoms with van der Waals surface area (Å²) in [6, 6.07) is 0. The van der Waals surface area contributed by atoms with Crippen LogP contribution in [0.1, 0.15) is 20.6 Å². The number of hydrogen-bond donors (Lipinski definition) is 1. The first-order valence-corrected chi connectivity index (χ1v) is 0.827. The quantitative estimate of drug-likeness (QED) is 0.433. The Morgan fingerprint density at radius 1 is 2.50 bits per heavy atom. The van der Waals surface area contributed by atoms with Gasteiger partial charge in [0.15, 0.2) is 0 Å². The predicted molar refractivity (Wildman–Crippen MR) is 17.4 cm³/mol. The van der Waals surface area contributed by atoms with Gasteiger partial charge >= 0.3 is 0 Å². The van der Waals surface area contributed by atoms with E-state index in [4.69, 9.17) is 12.0 Å². The lowest BCUT2D eigenvalue weighted by atomic mass is 10.5. The zero-order chi connectivity index (χ0) is 7.71. The van der Waals surface area contributed by atoms with Crippen LogP contribution in [0.3, 0.4) is 0 Å². The lowest BCUT2D eigenvalue weighted by molar-refractivity contribution is 0.216. The molecule has 1 nitrogen and oxygen atoms in total. The Bertz CT molecular complexity index is 94.9. The molecule has 0 saturated heterocycles. The van der Waals surface area contributed by atoms with Crippen molar-refractivity contribution in [1.29, 1.82) is 0 Å². The maximum absolute atomic E-state index is 8.58. The highest BCUT2D eigenvalue weighted by molar-refractivity contribution is 4.20. The summed E-state index contributed by atoms with van der Waals surface area (Å²) in [4.78, 5) is 0.